The average Bonchev–Trinajstić information content (AvgIpc) is 2.18. The lowest BCUT2D eigenvalue weighted by Gasteiger charge is -1.97. The molecule has 0 aliphatic heterocycles. The van der Waals surface area contributed by atoms with Gasteiger partial charge in [0.25, 0.3) is 0 Å². The molecule has 0 heterocycles. The summed E-state index contributed by atoms with van der Waals surface area (Å²) in [7, 11) is 0. The van der Waals surface area contributed by atoms with Crippen molar-refractivity contribution in [2.24, 2.45) is 0 Å². The van der Waals surface area contributed by atoms with Crippen LogP contribution in [-0.2, 0) is 9.53 Å². The van der Waals surface area contributed by atoms with Crippen LogP contribution in [0.1, 0.15) is 39.5 Å². The third kappa shape index (κ3) is 9.04. The third-order valence-electron chi connectivity index (χ3n) is 1.64. The molecule has 0 aliphatic rings. The van der Waals surface area contributed by atoms with Crippen molar-refractivity contribution in [1.82, 2.24) is 0 Å². The van der Waals surface area contributed by atoms with E-state index in [4.69, 9.17) is 4.74 Å². The van der Waals surface area contributed by atoms with Crippen LogP contribution in [0, 0.1) is 0 Å². The Morgan fingerprint density at radius 1 is 1.14 bits per heavy atom. The van der Waals surface area contributed by atoms with Crippen LogP contribution in [-0.4, -0.2) is 12.6 Å². The van der Waals surface area contributed by atoms with Crippen LogP contribution in [0.15, 0.2) is 24.3 Å². The van der Waals surface area contributed by atoms with Gasteiger partial charge < -0.3 is 4.74 Å². The zero-order valence-corrected chi connectivity index (χ0v) is 9.16. The molecule has 0 saturated heterocycles. The lowest BCUT2D eigenvalue weighted by molar-refractivity contribution is -0.137. The number of hydrogen-bond acceptors (Lipinski definition) is 2. The summed E-state index contributed by atoms with van der Waals surface area (Å²) in [6.45, 7) is 4.63. The summed E-state index contributed by atoms with van der Waals surface area (Å²) in [4.78, 5) is 11.0. The fourth-order valence-corrected chi connectivity index (χ4v) is 0.906. The lowest BCUT2D eigenvalue weighted by atomic mass is 10.3. The van der Waals surface area contributed by atoms with Crippen LogP contribution in [0.2, 0.25) is 0 Å². The van der Waals surface area contributed by atoms with Gasteiger partial charge in [0, 0.05) is 6.08 Å². The first-order chi connectivity index (χ1) is 6.81. The molecule has 0 aromatic rings. The van der Waals surface area contributed by atoms with Gasteiger partial charge in [0.15, 0.2) is 0 Å². The molecule has 0 spiro atoms. The quantitative estimate of drug-likeness (QED) is 0.270. The Hall–Kier alpha value is -1.05. The second kappa shape index (κ2) is 10.0. The van der Waals surface area contributed by atoms with Gasteiger partial charge in [-0.1, -0.05) is 38.5 Å². The Labute approximate surface area is 86.6 Å². The van der Waals surface area contributed by atoms with Gasteiger partial charge in [-0.15, -0.1) is 0 Å². The van der Waals surface area contributed by atoms with Crippen molar-refractivity contribution in [1.29, 1.82) is 0 Å². The number of ether oxygens (including phenoxy) is 1. The van der Waals surface area contributed by atoms with Gasteiger partial charge >= 0.3 is 5.97 Å². The van der Waals surface area contributed by atoms with Crippen molar-refractivity contribution in [3.05, 3.63) is 24.3 Å². The number of esters is 1. The largest absolute Gasteiger partial charge is 0.462 e. The molecule has 0 fully saturated rings. The van der Waals surface area contributed by atoms with Crippen LogP contribution >= 0.6 is 0 Å². The first-order valence-corrected chi connectivity index (χ1v) is 5.29. The van der Waals surface area contributed by atoms with Crippen LogP contribution in [0.5, 0.6) is 0 Å². The zero-order chi connectivity index (χ0) is 10.6. The molecule has 0 bridgehead atoms. The minimum absolute atomic E-state index is 0.233. The molecular weight excluding hydrogens is 176 g/mol. The fraction of sp³-hybridized carbons (Fsp3) is 0.583. The van der Waals surface area contributed by atoms with E-state index < -0.39 is 0 Å². The van der Waals surface area contributed by atoms with Crippen molar-refractivity contribution in [2.45, 2.75) is 39.5 Å². The summed E-state index contributed by atoms with van der Waals surface area (Å²) in [6.07, 6.45) is 11.3. The molecule has 0 unspecified atom stereocenters. The minimum Gasteiger partial charge on any atom is -0.462 e. The molecule has 0 aromatic heterocycles. The fourth-order valence-electron chi connectivity index (χ4n) is 0.906. The van der Waals surface area contributed by atoms with Crippen molar-refractivity contribution in [3.8, 4) is 0 Å². The summed E-state index contributed by atoms with van der Waals surface area (Å²) in [6, 6.07) is 0. The molecule has 2 nitrogen and oxygen atoms in total. The highest BCUT2D eigenvalue weighted by molar-refractivity contribution is 5.81. The molecular formula is C12H20O2. The topological polar surface area (TPSA) is 26.3 Å². The summed E-state index contributed by atoms with van der Waals surface area (Å²) in [5.74, 6) is -0.233. The zero-order valence-electron chi connectivity index (χ0n) is 9.16. The summed E-state index contributed by atoms with van der Waals surface area (Å²) in [5, 5.41) is 0. The van der Waals surface area contributed by atoms with Crippen LogP contribution in [0.3, 0.4) is 0 Å². The van der Waals surface area contributed by atoms with Gasteiger partial charge in [-0.3, -0.25) is 0 Å². The van der Waals surface area contributed by atoms with Crippen LogP contribution < -0.4 is 0 Å². The number of carbonyl (C=O) groups excluding carboxylic acids is 1. The Bertz CT molecular complexity index is 192. The number of allylic oxidation sites excluding steroid dienone is 2. The molecule has 80 valence electrons. The van der Waals surface area contributed by atoms with E-state index >= 15 is 0 Å². The monoisotopic (exact) mass is 196 g/mol. The second-order valence-electron chi connectivity index (χ2n) is 3.03. The SMILES string of the molecule is CC/C=C\CCOC(=O)C=CCCC. The Morgan fingerprint density at radius 3 is 2.57 bits per heavy atom. The molecule has 0 radical (unpaired) electrons. The van der Waals surface area contributed by atoms with Gasteiger partial charge in [-0.05, 0) is 19.3 Å². The van der Waals surface area contributed by atoms with Gasteiger partial charge in [0.05, 0.1) is 6.61 Å². The van der Waals surface area contributed by atoms with E-state index in [1.807, 2.05) is 12.2 Å². The summed E-state index contributed by atoms with van der Waals surface area (Å²) in [5.41, 5.74) is 0. The lowest BCUT2D eigenvalue weighted by Crippen LogP contribution is -2.01. The van der Waals surface area contributed by atoms with Crippen molar-refractivity contribution >= 4 is 5.97 Å². The Balaban J connectivity index is 3.40. The maximum absolute atomic E-state index is 11.0. The van der Waals surface area contributed by atoms with Gasteiger partial charge in [-0.2, -0.15) is 0 Å². The molecule has 0 N–H and O–H groups in total. The predicted molar refractivity (Wildman–Crippen MR) is 59.1 cm³/mol. The van der Waals surface area contributed by atoms with Crippen LogP contribution in [0.25, 0.3) is 0 Å². The third-order valence-corrected chi connectivity index (χ3v) is 1.64. The van der Waals surface area contributed by atoms with E-state index in [-0.39, 0.29) is 5.97 Å². The second-order valence-corrected chi connectivity index (χ2v) is 3.03. The van der Waals surface area contributed by atoms with E-state index in [1.54, 1.807) is 0 Å². The van der Waals surface area contributed by atoms with E-state index in [0.29, 0.717) is 6.61 Å². The van der Waals surface area contributed by atoms with E-state index in [1.165, 1.54) is 6.08 Å². The number of hydrogen-bond donors (Lipinski definition) is 0. The number of unbranched alkanes of at least 4 members (excludes halogenated alkanes) is 1. The first-order valence-electron chi connectivity index (χ1n) is 5.29. The van der Waals surface area contributed by atoms with Crippen molar-refractivity contribution in [3.63, 3.8) is 0 Å². The highest BCUT2D eigenvalue weighted by Crippen LogP contribution is 1.92. The molecule has 2 heteroatoms. The smallest absolute Gasteiger partial charge is 0.330 e. The summed E-state index contributed by atoms with van der Waals surface area (Å²) >= 11 is 0. The van der Waals surface area contributed by atoms with E-state index in [0.717, 1.165) is 25.7 Å². The van der Waals surface area contributed by atoms with Gasteiger partial charge in [-0.25, -0.2) is 4.79 Å². The van der Waals surface area contributed by atoms with E-state index in [9.17, 15) is 4.79 Å². The minimum atomic E-state index is -0.233. The molecule has 0 saturated carbocycles. The van der Waals surface area contributed by atoms with Gasteiger partial charge in [0.1, 0.15) is 0 Å². The Kier molecular flexibility index (Phi) is 9.28. The standard InChI is InChI=1S/C12H20O2/c1-3-5-7-9-11-14-12(13)10-8-6-4-2/h5,7-8,10H,3-4,6,9,11H2,1-2H3/b7-5-,10-8?. The highest BCUT2D eigenvalue weighted by atomic mass is 16.5. The van der Waals surface area contributed by atoms with Gasteiger partial charge in [0.2, 0.25) is 0 Å². The normalized spacial score (nSPS) is 11.3. The summed E-state index contributed by atoms with van der Waals surface area (Å²) < 4.78 is 4.96. The maximum atomic E-state index is 11.0. The van der Waals surface area contributed by atoms with Crippen LogP contribution in [0.4, 0.5) is 0 Å². The molecule has 0 rings (SSSR count). The molecule has 0 amide bonds. The average molecular weight is 196 g/mol. The molecule has 0 aromatic carbocycles. The first kappa shape index (κ1) is 12.9. The van der Waals surface area contributed by atoms with Crippen molar-refractivity contribution < 1.29 is 9.53 Å². The highest BCUT2D eigenvalue weighted by Gasteiger charge is 1.93. The number of rotatable bonds is 7. The Morgan fingerprint density at radius 2 is 1.93 bits per heavy atom. The molecule has 0 aliphatic carbocycles. The van der Waals surface area contributed by atoms with E-state index in [2.05, 4.69) is 19.9 Å². The molecule has 0 atom stereocenters. The van der Waals surface area contributed by atoms with Crippen molar-refractivity contribution in [2.75, 3.05) is 6.61 Å². The maximum Gasteiger partial charge on any atom is 0.330 e. The number of carbonyl (C=O) groups is 1. The molecule has 14 heavy (non-hydrogen) atoms. The predicted octanol–water partition coefficient (Wildman–Crippen LogP) is 3.24.